The van der Waals surface area contributed by atoms with Crippen LogP contribution in [0.2, 0.25) is 0 Å². The van der Waals surface area contributed by atoms with E-state index in [2.05, 4.69) is 0 Å². The molecule has 2 fully saturated rings. The fraction of sp³-hybridized carbons (Fsp3) is 0.243. The van der Waals surface area contributed by atoms with E-state index in [0.717, 1.165) is 0 Å². The normalized spacial score (nSPS) is 24.3. The molecule has 1 aliphatic heterocycles. The van der Waals surface area contributed by atoms with Crippen LogP contribution in [0.15, 0.2) is 121 Å². The number of fused-ring (bicyclic) bond motifs is 1. The van der Waals surface area contributed by atoms with E-state index in [1.54, 1.807) is 135 Å². The van der Waals surface area contributed by atoms with Crippen LogP contribution in [0.5, 0.6) is 0 Å². The van der Waals surface area contributed by atoms with Gasteiger partial charge in [-0.2, -0.15) is 0 Å². The molecule has 6 atom stereocenters. The van der Waals surface area contributed by atoms with E-state index in [4.69, 9.17) is 28.4 Å². The van der Waals surface area contributed by atoms with Gasteiger partial charge in [0.2, 0.25) is 0 Å². The zero-order chi connectivity index (χ0) is 33.0. The number of benzene rings is 4. The third-order valence-corrected chi connectivity index (χ3v) is 7.79. The van der Waals surface area contributed by atoms with Crippen LogP contribution in [0.1, 0.15) is 55.3 Å². The van der Waals surface area contributed by atoms with Gasteiger partial charge >= 0.3 is 23.9 Å². The maximum absolute atomic E-state index is 13.6. The Bertz CT molecular complexity index is 1580. The smallest absolute Gasteiger partial charge is 0.338 e. The molecule has 1 saturated heterocycles. The quantitative estimate of drug-likeness (QED) is 0.183. The first-order valence-corrected chi connectivity index (χ1v) is 15.1. The second-order valence-corrected chi connectivity index (χ2v) is 11.5. The third-order valence-electron chi connectivity index (χ3n) is 7.79. The van der Waals surface area contributed by atoms with Gasteiger partial charge in [-0.3, -0.25) is 0 Å². The monoisotopic (exact) mass is 636 g/mol. The van der Waals surface area contributed by atoms with E-state index in [9.17, 15) is 19.2 Å². The van der Waals surface area contributed by atoms with Gasteiger partial charge in [0.15, 0.2) is 30.2 Å². The lowest BCUT2D eigenvalue weighted by Gasteiger charge is -2.44. The van der Waals surface area contributed by atoms with Crippen molar-refractivity contribution in [3.05, 3.63) is 144 Å². The predicted molar refractivity (Wildman–Crippen MR) is 166 cm³/mol. The summed E-state index contributed by atoms with van der Waals surface area (Å²) in [5.74, 6) is -4.31. The van der Waals surface area contributed by atoms with Gasteiger partial charge in [0.05, 0.1) is 22.3 Å². The maximum atomic E-state index is 13.6. The first-order chi connectivity index (χ1) is 22.7. The Morgan fingerprint density at radius 2 is 0.660 bits per heavy atom. The molecule has 0 radical (unpaired) electrons. The first kappa shape index (κ1) is 31.7. The number of rotatable bonds is 8. The topological polar surface area (TPSA) is 124 Å². The predicted octanol–water partition coefficient (Wildman–Crippen LogP) is 5.42. The molecule has 0 spiro atoms. The highest BCUT2D eigenvalue weighted by Crippen LogP contribution is 2.42. The van der Waals surface area contributed by atoms with Crippen molar-refractivity contribution in [1.82, 2.24) is 0 Å². The summed E-state index contributed by atoms with van der Waals surface area (Å²) >= 11 is 0. The first-order valence-electron chi connectivity index (χ1n) is 15.1. The second kappa shape index (κ2) is 13.6. The van der Waals surface area contributed by atoms with Gasteiger partial charge in [0.1, 0.15) is 12.2 Å². The average Bonchev–Trinajstić information content (AvgIpc) is 3.43. The van der Waals surface area contributed by atoms with Gasteiger partial charge < -0.3 is 28.4 Å². The van der Waals surface area contributed by atoms with Gasteiger partial charge in [-0.15, -0.1) is 0 Å². The average molecular weight is 637 g/mol. The van der Waals surface area contributed by atoms with E-state index in [0.29, 0.717) is 0 Å². The van der Waals surface area contributed by atoms with Crippen LogP contribution >= 0.6 is 0 Å². The van der Waals surface area contributed by atoms with Crippen LogP contribution in [0.4, 0.5) is 0 Å². The molecule has 0 bridgehead atoms. The van der Waals surface area contributed by atoms with E-state index in [1.807, 2.05) is 0 Å². The zero-order valence-corrected chi connectivity index (χ0v) is 25.6. The van der Waals surface area contributed by atoms with Crippen LogP contribution in [0, 0.1) is 0 Å². The molecule has 4 aromatic carbocycles. The standard InChI is InChI=1S/C37H32O10/c1-37(2)46-31-29(44-35(40)25-19-11-5-12-20-25)27(42-33(38)23-15-7-3-8-16-23)28(43-34(39)24-17-9-4-10-18-24)30(32(31)47-37)45-36(41)26-21-13-6-14-22-26/h3-22,27-32H,1-2H3/t27-,28+,29-,30-,31+,32+/m0/s1. The molecule has 2 aliphatic rings. The van der Waals surface area contributed by atoms with Crippen molar-refractivity contribution in [3.8, 4) is 0 Å². The van der Waals surface area contributed by atoms with Crippen molar-refractivity contribution in [2.45, 2.75) is 56.3 Å². The fourth-order valence-electron chi connectivity index (χ4n) is 5.67. The SMILES string of the molecule is CC1(C)O[C@@H]2[C@@H](OC(=O)c3ccccc3)[C@H](OC(=O)c3ccccc3)[C@H](OC(=O)c3ccccc3)[C@H](OC(=O)c3ccccc3)[C@H]2O1. The summed E-state index contributed by atoms with van der Waals surface area (Å²) in [6.45, 7) is 3.29. The minimum absolute atomic E-state index is 0.192. The largest absolute Gasteiger partial charge is 0.452 e. The van der Waals surface area contributed by atoms with Crippen LogP contribution in [0.3, 0.4) is 0 Å². The van der Waals surface area contributed by atoms with E-state index in [1.165, 1.54) is 0 Å². The summed E-state index contributed by atoms with van der Waals surface area (Å²) in [6, 6.07) is 32.8. The Morgan fingerprint density at radius 1 is 0.426 bits per heavy atom. The number of esters is 4. The van der Waals surface area contributed by atoms with Gasteiger partial charge in [0.25, 0.3) is 0 Å². The van der Waals surface area contributed by atoms with Gasteiger partial charge in [-0.05, 0) is 62.4 Å². The number of carbonyl (C=O) groups excluding carboxylic acids is 4. The lowest BCUT2D eigenvalue weighted by Crippen LogP contribution is -2.66. The van der Waals surface area contributed by atoms with Crippen LogP contribution in [-0.4, -0.2) is 66.3 Å². The minimum atomic E-state index is -1.50. The highest BCUT2D eigenvalue weighted by Gasteiger charge is 2.64. The summed E-state index contributed by atoms with van der Waals surface area (Å²) in [4.78, 5) is 54.2. The molecule has 0 N–H and O–H groups in total. The molecule has 47 heavy (non-hydrogen) atoms. The van der Waals surface area contributed by atoms with Crippen molar-refractivity contribution in [2.75, 3.05) is 0 Å². The van der Waals surface area contributed by atoms with Gasteiger partial charge in [-0.1, -0.05) is 72.8 Å². The summed E-state index contributed by atoms with van der Waals surface area (Å²) in [7, 11) is 0. The Labute approximate surface area is 271 Å². The van der Waals surface area contributed by atoms with Crippen LogP contribution < -0.4 is 0 Å². The van der Waals surface area contributed by atoms with E-state index < -0.39 is 66.3 Å². The number of carbonyl (C=O) groups is 4. The Balaban J connectivity index is 1.45. The highest BCUT2D eigenvalue weighted by molar-refractivity contribution is 5.92. The molecule has 4 aromatic rings. The fourth-order valence-corrected chi connectivity index (χ4v) is 5.67. The Morgan fingerprint density at radius 3 is 0.915 bits per heavy atom. The van der Waals surface area contributed by atoms with Crippen molar-refractivity contribution in [1.29, 1.82) is 0 Å². The maximum Gasteiger partial charge on any atom is 0.338 e. The molecular formula is C37H32O10. The van der Waals surface area contributed by atoms with Crippen molar-refractivity contribution in [2.24, 2.45) is 0 Å². The van der Waals surface area contributed by atoms with Crippen molar-refractivity contribution >= 4 is 23.9 Å². The van der Waals surface area contributed by atoms with Crippen LogP contribution in [-0.2, 0) is 28.4 Å². The zero-order valence-electron chi connectivity index (χ0n) is 25.6. The molecule has 1 saturated carbocycles. The molecular weight excluding hydrogens is 604 g/mol. The third kappa shape index (κ3) is 7.09. The summed E-state index contributed by atoms with van der Waals surface area (Å²) in [5.41, 5.74) is 0.840. The van der Waals surface area contributed by atoms with Gasteiger partial charge in [0, 0.05) is 0 Å². The molecule has 0 unspecified atom stereocenters. The lowest BCUT2D eigenvalue weighted by atomic mass is 9.84. The molecule has 0 amide bonds. The molecule has 10 heteroatoms. The Hall–Kier alpha value is -5.32. The van der Waals surface area contributed by atoms with Crippen LogP contribution in [0.25, 0.3) is 0 Å². The highest BCUT2D eigenvalue weighted by atomic mass is 16.8. The number of ether oxygens (including phenoxy) is 6. The lowest BCUT2D eigenvalue weighted by molar-refractivity contribution is -0.195. The number of hydrogen-bond acceptors (Lipinski definition) is 10. The van der Waals surface area contributed by atoms with Crippen molar-refractivity contribution < 1.29 is 47.6 Å². The van der Waals surface area contributed by atoms with E-state index in [-0.39, 0.29) is 22.3 Å². The summed E-state index contributed by atoms with van der Waals surface area (Å²) in [6.07, 6.45) is -7.94. The molecule has 1 heterocycles. The van der Waals surface area contributed by atoms with Gasteiger partial charge in [-0.25, -0.2) is 19.2 Å². The molecule has 1 aliphatic carbocycles. The molecule has 240 valence electrons. The minimum Gasteiger partial charge on any atom is -0.452 e. The van der Waals surface area contributed by atoms with Crippen molar-refractivity contribution in [3.63, 3.8) is 0 Å². The molecule has 6 rings (SSSR count). The van der Waals surface area contributed by atoms with E-state index >= 15 is 0 Å². The summed E-state index contributed by atoms with van der Waals surface area (Å²) in [5, 5.41) is 0. The summed E-state index contributed by atoms with van der Waals surface area (Å²) < 4.78 is 36.7. The molecule has 0 aromatic heterocycles. The Kier molecular flexibility index (Phi) is 9.15. The number of hydrogen-bond donors (Lipinski definition) is 0. The second-order valence-electron chi connectivity index (χ2n) is 11.5. The molecule has 10 nitrogen and oxygen atoms in total.